The van der Waals surface area contributed by atoms with E-state index in [1.165, 1.54) is 22.8 Å². The molecule has 0 amide bonds. The van der Waals surface area contributed by atoms with Crippen molar-refractivity contribution in [2.75, 3.05) is 6.16 Å². The molecule has 0 saturated carbocycles. The smallest absolute Gasteiger partial charge is 0.308 e. The number of hydrogen-bond acceptors (Lipinski definition) is 4. The first kappa shape index (κ1) is 30.3. The van der Waals surface area contributed by atoms with Crippen LogP contribution in [0.1, 0.15) is 72.6 Å². The number of carbonyl (C=O) groups excluding carboxylic acids is 3. The number of hydrogen-bond donors (Lipinski definition) is 0. The molecule has 5 rings (SSSR count). The number of rotatable bonds is 13. The fourth-order valence-corrected chi connectivity index (χ4v) is 10.5. The van der Waals surface area contributed by atoms with Gasteiger partial charge in [0.15, 0.2) is 11.5 Å². The predicted molar refractivity (Wildman–Crippen MR) is 176 cm³/mol. The second-order valence-corrected chi connectivity index (χ2v) is 14.6. The normalized spacial score (nSPS) is 13.1. The monoisotopic (exact) mass is 589 g/mol. The molecule has 0 heterocycles. The lowest BCUT2D eigenvalue weighted by Crippen LogP contribution is -2.33. The van der Waals surface area contributed by atoms with E-state index in [0.29, 0.717) is 23.1 Å². The van der Waals surface area contributed by atoms with Crippen LogP contribution in [0.25, 0.3) is 0 Å². The summed E-state index contributed by atoms with van der Waals surface area (Å²) in [4.78, 5) is 37.9. The van der Waals surface area contributed by atoms with Crippen LogP contribution in [0.2, 0.25) is 0 Å². The number of esters is 1. The molecule has 0 atom stereocenters. The molecule has 0 radical (unpaired) electrons. The highest BCUT2D eigenvalue weighted by Gasteiger charge is 2.44. The number of benzene rings is 4. The van der Waals surface area contributed by atoms with Crippen molar-refractivity contribution in [3.63, 3.8) is 0 Å². The maximum absolute atomic E-state index is 13.2. The van der Waals surface area contributed by atoms with Gasteiger partial charge in [0.1, 0.15) is 23.2 Å². The van der Waals surface area contributed by atoms with E-state index in [0.717, 1.165) is 44.7 Å². The van der Waals surface area contributed by atoms with Gasteiger partial charge in [0, 0.05) is 23.6 Å². The highest BCUT2D eigenvalue weighted by Crippen LogP contribution is 2.56. The van der Waals surface area contributed by atoms with E-state index in [4.69, 9.17) is 4.74 Å². The minimum absolute atomic E-state index is 0.0979. The Morgan fingerprint density at radius 3 is 1.47 bits per heavy atom. The SMILES string of the molecule is CC(=O)OC1=C(CCCCCCCC[P+](c2ccccc2)(c2ccccc2)c2ccccc2)C(=O)c2ccccc2C1=O. The number of fused-ring (bicyclic) bond motifs is 1. The first-order valence-electron chi connectivity index (χ1n) is 15.2. The van der Waals surface area contributed by atoms with Crippen LogP contribution in [-0.2, 0) is 9.53 Å². The van der Waals surface area contributed by atoms with Crippen LogP contribution >= 0.6 is 7.26 Å². The molecule has 0 saturated heterocycles. The molecule has 218 valence electrons. The van der Waals surface area contributed by atoms with Crippen molar-refractivity contribution < 1.29 is 19.1 Å². The zero-order chi connectivity index (χ0) is 30.1. The van der Waals surface area contributed by atoms with Gasteiger partial charge in [-0.15, -0.1) is 0 Å². The summed E-state index contributed by atoms with van der Waals surface area (Å²) < 4.78 is 5.27. The molecule has 1 aliphatic carbocycles. The maximum atomic E-state index is 13.2. The summed E-state index contributed by atoms with van der Waals surface area (Å²) in [5.41, 5.74) is 1.01. The third kappa shape index (κ3) is 6.76. The van der Waals surface area contributed by atoms with Gasteiger partial charge in [-0.05, 0) is 62.1 Å². The van der Waals surface area contributed by atoms with Crippen molar-refractivity contribution in [1.82, 2.24) is 0 Å². The van der Waals surface area contributed by atoms with Gasteiger partial charge in [-0.25, -0.2) is 0 Å². The number of ketones is 2. The third-order valence-corrected chi connectivity index (χ3v) is 12.7. The first-order valence-corrected chi connectivity index (χ1v) is 17.1. The lowest BCUT2D eigenvalue weighted by molar-refractivity contribution is -0.136. The van der Waals surface area contributed by atoms with Crippen LogP contribution in [0.15, 0.2) is 127 Å². The van der Waals surface area contributed by atoms with Crippen LogP contribution in [0.5, 0.6) is 0 Å². The predicted octanol–water partition coefficient (Wildman–Crippen LogP) is 7.61. The standard InChI is InChI=1S/C38H38O4P/c1-29(39)42-38-35(36(40)33-25-16-17-26-34(33)37(38)41)27-15-4-2-3-5-18-28-43(30-19-9-6-10-20-30,31-21-11-7-12-22-31)32-23-13-8-14-24-32/h6-14,16-17,19-26H,2-5,15,18,27-28H2,1H3/q+1. The van der Waals surface area contributed by atoms with Crippen molar-refractivity contribution in [3.8, 4) is 0 Å². The van der Waals surface area contributed by atoms with E-state index in [1.807, 2.05) is 0 Å². The van der Waals surface area contributed by atoms with Crippen molar-refractivity contribution in [1.29, 1.82) is 0 Å². The van der Waals surface area contributed by atoms with Crippen LogP contribution in [0, 0.1) is 0 Å². The summed E-state index contributed by atoms with van der Waals surface area (Å²) in [5, 5.41) is 4.24. The maximum Gasteiger partial charge on any atom is 0.308 e. The van der Waals surface area contributed by atoms with E-state index in [9.17, 15) is 14.4 Å². The minimum Gasteiger partial charge on any atom is -0.422 e. The second kappa shape index (κ2) is 14.4. The molecule has 4 aromatic carbocycles. The van der Waals surface area contributed by atoms with E-state index in [2.05, 4.69) is 91.0 Å². The van der Waals surface area contributed by atoms with E-state index < -0.39 is 13.2 Å². The Labute approximate surface area is 255 Å². The summed E-state index contributed by atoms with van der Waals surface area (Å²) >= 11 is 0. The minimum atomic E-state index is -1.81. The van der Waals surface area contributed by atoms with Crippen molar-refractivity contribution in [2.45, 2.75) is 51.9 Å². The molecule has 43 heavy (non-hydrogen) atoms. The van der Waals surface area contributed by atoms with E-state index in [-0.39, 0.29) is 17.3 Å². The summed E-state index contributed by atoms with van der Waals surface area (Å²) in [6, 6.07) is 39.7. The molecule has 0 aromatic heterocycles. The van der Waals surface area contributed by atoms with Gasteiger partial charge in [-0.1, -0.05) is 98.1 Å². The van der Waals surface area contributed by atoms with E-state index in [1.54, 1.807) is 24.3 Å². The lowest BCUT2D eigenvalue weighted by Gasteiger charge is -2.27. The Bertz CT molecular complexity index is 1500. The molecule has 5 heteroatoms. The molecule has 0 unspecified atom stereocenters. The lowest BCUT2D eigenvalue weighted by atomic mass is 9.86. The van der Waals surface area contributed by atoms with Crippen LogP contribution < -0.4 is 15.9 Å². The highest BCUT2D eigenvalue weighted by atomic mass is 31.2. The molecule has 0 fully saturated rings. The third-order valence-electron chi connectivity index (χ3n) is 8.18. The number of Topliss-reactive ketones (excluding diaryl/α,β-unsaturated/α-hetero) is 2. The quantitative estimate of drug-likeness (QED) is 0.0915. The Hall–Kier alpha value is -4.14. The molecule has 0 aliphatic heterocycles. The van der Waals surface area contributed by atoms with Gasteiger partial charge in [-0.3, -0.25) is 14.4 Å². The Morgan fingerprint density at radius 1 is 0.558 bits per heavy atom. The van der Waals surface area contributed by atoms with Gasteiger partial charge in [-0.2, -0.15) is 0 Å². The molecule has 0 spiro atoms. The van der Waals surface area contributed by atoms with Crippen LogP contribution in [0.4, 0.5) is 0 Å². The Morgan fingerprint density at radius 2 is 0.977 bits per heavy atom. The van der Waals surface area contributed by atoms with Gasteiger partial charge in [0.05, 0.1) is 6.16 Å². The van der Waals surface area contributed by atoms with E-state index >= 15 is 0 Å². The van der Waals surface area contributed by atoms with Crippen molar-refractivity contribution >= 4 is 40.7 Å². The summed E-state index contributed by atoms with van der Waals surface area (Å²) in [6.07, 6.45) is 7.63. The first-order chi connectivity index (χ1) is 21.0. The van der Waals surface area contributed by atoms with Crippen molar-refractivity contribution in [3.05, 3.63) is 138 Å². The van der Waals surface area contributed by atoms with Gasteiger partial charge >= 0.3 is 5.97 Å². The van der Waals surface area contributed by atoms with Gasteiger partial charge in [0.25, 0.3) is 0 Å². The number of ether oxygens (including phenoxy) is 1. The average Bonchev–Trinajstić information content (AvgIpc) is 3.05. The largest absolute Gasteiger partial charge is 0.422 e. The highest BCUT2D eigenvalue weighted by molar-refractivity contribution is 7.95. The fourth-order valence-electron chi connectivity index (χ4n) is 6.12. The molecule has 4 nitrogen and oxygen atoms in total. The zero-order valence-corrected chi connectivity index (χ0v) is 25.6. The van der Waals surface area contributed by atoms with Gasteiger partial charge < -0.3 is 4.74 Å². The topological polar surface area (TPSA) is 60.4 Å². The molecule has 4 aromatic rings. The number of unbranched alkanes of at least 4 members (excludes halogenated alkanes) is 5. The molecular weight excluding hydrogens is 551 g/mol. The number of carbonyl (C=O) groups is 3. The Kier molecular flexibility index (Phi) is 10.1. The fraction of sp³-hybridized carbons (Fsp3) is 0.237. The average molecular weight is 590 g/mol. The molecule has 0 bridgehead atoms. The van der Waals surface area contributed by atoms with Crippen LogP contribution in [0.3, 0.4) is 0 Å². The summed E-state index contributed by atoms with van der Waals surface area (Å²) in [6.45, 7) is 1.26. The molecule has 1 aliphatic rings. The number of allylic oxidation sites excluding steroid dienone is 2. The van der Waals surface area contributed by atoms with Crippen LogP contribution in [-0.4, -0.2) is 23.7 Å². The van der Waals surface area contributed by atoms with Gasteiger partial charge in [0.2, 0.25) is 5.78 Å². The molecular formula is C38H38O4P+. The summed E-state index contributed by atoms with van der Waals surface area (Å²) in [5.74, 6) is -1.29. The molecule has 0 N–H and O–H groups in total. The van der Waals surface area contributed by atoms with Crippen molar-refractivity contribution in [2.24, 2.45) is 0 Å². The zero-order valence-electron chi connectivity index (χ0n) is 24.7. The Balaban J connectivity index is 1.21. The second-order valence-electron chi connectivity index (χ2n) is 11.0. The summed E-state index contributed by atoms with van der Waals surface area (Å²) in [7, 11) is -1.81.